The van der Waals surface area contributed by atoms with Crippen molar-refractivity contribution in [2.45, 2.75) is 18.0 Å². The molecule has 0 atom stereocenters. The largest absolute Gasteiger partial charge is 0.438 e. The summed E-state index contributed by atoms with van der Waals surface area (Å²) in [5.41, 5.74) is -7.36. The molecule has 0 bridgehead atoms. The van der Waals surface area contributed by atoms with Crippen molar-refractivity contribution in [3.63, 3.8) is 0 Å². The second kappa shape index (κ2) is 5.65. The number of carbonyl (C=O) groups excluding carboxylic acids is 1. The van der Waals surface area contributed by atoms with Gasteiger partial charge in [-0.15, -0.1) is 0 Å². The van der Waals surface area contributed by atoms with Crippen LogP contribution in [-0.2, 0) is 0 Å². The summed E-state index contributed by atoms with van der Waals surface area (Å²) >= 11 is 0. The lowest BCUT2D eigenvalue weighted by Crippen LogP contribution is -2.54. The van der Waals surface area contributed by atoms with Gasteiger partial charge in [0.2, 0.25) is 11.6 Å². The molecule has 0 amide bonds. The molecule has 1 aromatic carbocycles. The first-order chi connectivity index (χ1) is 9.84. The number of carbonyl (C=O) groups is 1. The van der Waals surface area contributed by atoms with E-state index in [0.29, 0.717) is 0 Å². The highest BCUT2D eigenvalue weighted by atomic mass is 19.4. The first-order valence-electron chi connectivity index (χ1n) is 5.32. The molecule has 0 unspecified atom stereocenters. The normalized spacial score (nSPS) is 14.6. The summed E-state index contributed by atoms with van der Waals surface area (Å²) in [6, 6.07) is 5.08. The van der Waals surface area contributed by atoms with Crippen LogP contribution in [0.5, 0.6) is 0 Å². The molecule has 1 nitrogen and oxygen atoms in total. The van der Waals surface area contributed by atoms with Gasteiger partial charge in [0.1, 0.15) is 0 Å². The van der Waals surface area contributed by atoms with Gasteiger partial charge in [-0.1, -0.05) is 30.3 Å². The average Bonchev–Trinajstić information content (AvgIpc) is 2.42. The van der Waals surface area contributed by atoms with Crippen LogP contribution >= 0.6 is 0 Å². The van der Waals surface area contributed by atoms with Gasteiger partial charge in [0.25, 0.3) is 0 Å². The quantitative estimate of drug-likeness (QED) is 0.438. The van der Waals surface area contributed by atoms with Crippen LogP contribution < -0.4 is 0 Å². The van der Waals surface area contributed by atoms with E-state index in [1.54, 1.807) is 0 Å². The number of rotatable bonds is 3. The fourth-order valence-electron chi connectivity index (χ4n) is 1.38. The number of ketones is 1. The lowest BCUT2D eigenvalue weighted by molar-refractivity contribution is -0.331. The summed E-state index contributed by atoms with van der Waals surface area (Å²) in [7, 11) is 0. The highest BCUT2D eigenvalue weighted by Crippen LogP contribution is 2.52. The number of hydrogen-bond donors (Lipinski definition) is 0. The standard InChI is InChI=1S/C12H5F9O/c13-7(8(22)6-4-2-1-3-5-6)9(14)10(15,11(16,17)18)12(19,20)21/h1-5H/b9-7+. The highest BCUT2D eigenvalue weighted by Gasteiger charge is 2.76. The molecule has 0 radical (unpaired) electrons. The Hall–Kier alpha value is -2.00. The molecule has 0 fully saturated rings. The molecule has 0 aromatic heterocycles. The van der Waals surface area contributed by atoms with Crippen LogP contribution in [0, 0.1) is 0 Å². The molecule has 0 spiro atoms. The van der Waals surface area contributed by atoms with Crippen molar-refractivity contribution < 1.29 is 44.3 Å². The lowest BCUT2D eigenvalue weighted by Gasteiger charge is -2.28. The van der Waals surface area contributed by atoms with Gasteiger partial charge in [0.15, 0.2) is 5.83 Å². The van der Waals surface area contributed by atoms with Gasteiger partial charge in [0.05, 0.1) is 0 Å². The maximum atomic E-state index is 13.3. The molecule has 0 N–H and O–H groups in total. The SMILES string of the molecule is O=C(/C(F)=C(\F)C(F)(C(F)(F)F)C(F)(F)F)c1ccccc1. The van der Waals surface area contributed by atoms with Crippen LogP contribution in [-0.4, -0.2) is 23.8 Å². The van der Waals surface area contributed by atoms with Crippen molar-refractivity contribution in [1.29, 1.82) is 0 Å². The number of allylic oxidation sites excluding steroid dienone is 2. The molecule has 0 aliphatic heterocycles. The van der Waals surface area contributed by atoms with E-state index < -0.39 is 41.0 Å². The summed E-state index contributed by atoms with van der Waals surface area (Å²) in [5, 5.41) is 0. The van der Waals surface area contributed by atoms with Crippen LogP contribution in [0.4, 0.5) is 39.5 Å². The minimum Gasteiger partial charge on any atom is -0.286 e. The Kier molecular flexibility index (Phi) is 4.64. The Bertz CT molecular complexity index is 569. The zero-order chi connectivity index (χ0) is 17.3. The van der Waals surface area contributed by atoms with Gasteiger partial charge in [-0.25, -0.2) is 8.78 Å². The molecule has 0 saturated heterocycles. The van der Waals surface area contributed by atoms with E-state index in [-0.39, 0.29) is 0 Å². The minimum absolute atomic E-state index is 0.748. The van der Waals surface area contributed by atoms with E-state index in [4.69, 9.17) is 0 Å². The monoisotopic (exact) mass is 336 g/mol. The highest BCUT2D eigenvalue weighted by molar-refractivity contribution is 6.07. The van der Waals surface area contributed by atoms with Gasteiger partial charge in [0, 0.05) is 5.56 Å². The van der Waals surface area contributed by atoms with Gasteiger partial charge in [-0.05, 0) is 0 Å². The Morgan fingerprint density at radius 2 is 1.18 bits per heavy atom. The molecular weight excluding hydrogens is 331 g/mol. The summed E-state index contributed by atoms with van der Waals surface area (Å²) < 4.78 is 113. The third kappa shape index (κ3) is 2.95. The minimum atomic E-state index is -6.84. The smallest absolute Gasteiger partial charge is 0.286 e. The van der Waals surface area contributed by atoms with Crippen molar-refractivity contribution in [3.8, 4) is 0 Å². The fourth-order valence-corrected chi connectivity index (χ4v) is 1.38. The maximum Gasteiger partial charge on any atom is 0.438 e. The van der Waals surface area contributed by atoms with Gasteiger partial charge >= 0.3 is 18.0 Å². The molecule has 0 heterocycles. The Morgan fingerprint density at radius 1 is 0.773 bits per heavy atom. The fraction of sp³-hybridized carbons (Fsp3) is 0.250. The van der Waals surface area contributed by atoms with E-state index in [2.05, 4.69) is 0 Å². The van der Waals surface area contributed by atoms with E-state index in [1.165, 1.54) is 6.07 Å². The zero-order valence-electron chi connectivity index (χ0n) is 10.2. The van der Waals surface area contributed by atoms with Gasteiger partial charge in [-0.3, -0.25) is 4.79 Å². The maximum absolute atomic E-state index is 13.3. The molecule has 0 aliphatic rings. The summed E-state index contributed by atoms with van der Waals surface area (Å²) in [6.07, 6.45) is -13.7. The van der Waals surface area contributed by atoms with Crippen molar-refractivity contribution >= 4 is 5.78 Å². The van der Waals surface area contributed by atoms with E-state index in [0.717, 1.165) is 24.3 Å². The molecule has 10 heteroatoms. The predicted octanol–water partition coefficient (Wildman–Crippen LogP) is 4.85. The second-order valence-electron chi connectivity index (χ2n) is 3.98. The molecule has 0 saturated carbocycles. The topological polar surface area (TPSA) is 17.1 Å². The summed E-state index contributed by atoms with van der Waals surface area (Å²) in [4.78, 5) is 11.3. The molecule has 122 valence electrons. The van der Waals surface area contributed by atoms with Crippen LogP contribution in [0.1, 0.15) is 10.4 Å². The van der Waals surface area contributed by atoms with Crippen LogP contribution in [0.2, 0.25) is 0 Å². The number of halogens is 9. The first kappa shape index (κ1) is 18.1. The number of benzene rings is 1. The molecule has 22 heavy (non-hydrogen) atoms. The van der Waals surface area contributed by atoms with Gasteiger partial charge < -0.3 is 0 Å². The van der Waals surface area contributed by atoms with Crippen molar-refractivity contribution in [1.82, 2.24) is 0 Å². The van der Waals surface area contributed by atoms with Crippen LogP contribution in [0.15, 0.2) is 42.0 Å². The van der Waals surface area contributed by atoms with Crippen molar-refractivity contribution in [2.75, 3.05) is 0 Å². The Morgan fingerprint density at radius 3 is 1.55 bits per heavy atom. The number of hydrogen-bond acceptors (Lipinski definition) is 1. The van der Waals surface area contributed by atoms with E-state index in [1.807, 2.05) is 0 Å². The number of Topliss-reactive ketones (excluding diaryl/α,β-unsaturated/α-hetero) is 1. The molecule has 1 aromatic rings. The zero-order valence-corrected chi connectivity index (χ0v) is 10.2. The first-order valence-corrected chi connectivity index (χ1v) is 5.32. The van der Waals surface area contributed by atoms with Crippen LogP contribution in [0.3, 0.4) is 0 Å². The second-order valence-corrected chi connectivity index (χ2v) is 3.98. The third-order valence-corrected chi connectivity index (χ3v) is 2.51. The summed E-state index contributed by atoms with van der Waals surface area (Å²) in [5.74, 6) is -9.14. The van der Waals surface area contributed by atoms with Gasteiger partial charge in [-0.2, -0.15) is 30.7 Å². The van der Waals surface area contributed by atoms with E-state index in [9.17, 15) is 44.3 Å². The van der Waals surface area contributed by atoms with Crippen molar-refractivity contribution in [3.05, 3.63) is 47.5 Å². The molecular formula is C12H5F9O. The molecule has 1 rings (SSSR count). The molecule has 0 aliphatic carbocycles. The predicted molar refractivity (Wildman–Crippen MR) is 56.0 cm³/mol. The summed E-state index contributed by atoms with van der Waals surface area (Å²) in [6.45, 7) is 0. The van der Waals surface area contributed by atoms with Crippen LogP contribution in [0.25, 0.3) is 0 Å². The van der Waals surface area contributed by atoms with Crippen molar-refractivity contribution in [2.24, 2.45) is 0 Å². The van der Waals surface area contributed by atoms with E-state index >= 15 is 0 Å². The number of alkyl halides is 7. The Balaban J connectivity index is 3.47. The third-order valence-electron chi connectivity index (χ3n) is 2.51. The lowest BCUT2D eigenvalue weighted by atomic mass is 9.99. The average molecular weight is 336 g/mol. The Labute approximate surface area is 117 Å².